The van der Waals surface area contributed by atoms with E-state index in [1.54, 1.807) is 35.2 Å². The normalized spacial score (nSPS) is 10.9. The summed E-state index contributed by atoms with van der Waals surface area (Å²) in [6.07, 6.45) is 2.36. The fourth-order valence-corrected chi connectivity index (χ4v) is 5.69. The number of carbonyl (C=O) groups excluding carboxylic acids is 3. The average molecular weight is 694 g/mol. The summed E-state index contributed by atoms with van der Waals surface area (Å²) in [6, 6.07) is 20.4. The van der Waals surface area contributed by atoms with Crippen LogP contribution in [0.25, 0.3) is 0 Å². The number of nitrogens with zero attached hydrogens (tertiary/aromatic N) is 5. The van der Waals surface area contributed by atoms with Crippen molar-refractivity contribution in [3.05, 3.63) is 101 Å². The molecule has 270 valence electrons. The molecule has 0 saturated heterocycles. The maximum atomic E-state index is 13.7. The van der Waals surface area contributed by atoms with Crippen molar-refractivity contribution in [2.45, 2.75) is 54.4 Å². The zero-order valence-electron chi connectivity index (χ0n) is 31.0. The molecular weight excluding hydrogens is 642 g/mol. The number of rotatable bonds is 17. The molecule has 4 rings (SSSR count). The summed E-state index contributed by atoms with van der Waals surface area (Å²) in [4.78, 5) is 54.2. The molecule has 1 heterocycles. The van der Waals surface area contributed by atoms with Crippen molar-refractivity contribution < 1.29 is 19.1 Å². The van der Waals surface area contributed by atoms with Gasteiger partial charge in [-0.05, 0) is 100 Å². The van der Waals surface area contributed by atoms with Crippen molar-refractivity contribution in [1.29, 1.82) is 0 Å². The van der Waals surface area contributed by atoms with Gasteiger partial charge in [0.2, 0.25) is 17.7 Å². The maximum absolute atomic E-state index is 13.7. The summed E-state index contributed by atoms with van der Waals surface area (Å²) >= 11 is 0. The van der Waals surface area contributed by atoms with Crippen molar-refractivity contribution in [3.63, 3.8) is 0 Å². The quantitative estimate of drug-likeness (QED) is 0.120. The molecule has 1 aromatic heterocycles. The lowest BCUT2D eigenvalue weighted by Crippen LogP contribution is -2.36. The first-order valence-electron chi connectivity index (χ1n) is 17.7. The lowest BCUT2D eigenvalue weighted by atomic mass is 10.1. The molecule has 11 heteroatoms. The number of hydrogen-bond donors (Lipinski definition) is 2. The Balaban J connectivity index is 1.56. The SMILES string of the molecule is CCN(CC)CCN(C)C(=O)c1ccc(Nc2ncc(C(=O)Nc3c(C)cccc3C)c(Oc3cccc(CCC(=O)N(CC)CC)c3)n2)cc1. The number of ether oxygens (including phenoxy) is 1. The Morgan fingerprint density at radius 2 is 1.49 bits per heavy atom. The lowest BCUT2D eigenvalue weighted by molar-refractivity contribution is -0.130. The number of aryl methyl sites for hydroxylation is 3. The second-order valence-electron chi connectivity index (χ2n) is 12.4. The summed E-state index contributed by atoms with van der Waals surface area (Å²) < 4.78 is 6.28. The number of para-hydroxylation sites is 1. The van der Waals surface area contributed by atoms with Crippen LogP contribution in [0.2, 0.25) is 0 Å². The van der Waals surface area contributed by atoms with Gasteiger partial charge in [-0.2, -0.15) is 4.98 Å². The van der Waals surface area contributed by atoms with Gasteiger partial charge >= 0.3 is 0 Å². The second-order valence-corrected chi connectivity index (χ2v) is 12.4. The molecule has 3 amide bonds. The van der Waals surface area contributed by atoms with E-state index in [9.17, 15) is 14.4 Å². The molecule has 11 nitrogen and oxygen atoms in total. The van der Waals surface area contributed by atoms with Crippen LogP contribution in [-0.4, -0.2) is 88.7 Å². The van der Waals surface area contributed by atoms with Crippen LogP contribution in [0, 0.1) is 13.8 Å². The van der Waals surface area contributed by atoms with Crippen molar-refractivity contribution in [2.75, 3.05) is 56.9 Å². The topological polar surface area (TPSA) is 120 Å². The van der Waals surface area contributed by atoms with Gasteiger partial charge < -0.3 is 30.1 Å². The maximum Gasteiger partial charge on any atom is 0.262 e. The molecule has 0 aliphatic carbocycles. The number of anilines is 3. The number of amides is 3. The molecule has 4 aromatic rings. The molecule has 0 bridgehead atoms. The van der Waals surface area contributed by atoms with E-state index in [2.05, 4.69) is 39.3 Å². The summed E-state index contributed by atoms with van der Waals surface area (Å²) in [6.45, 7) is 16.7. The standard InChI is InChI=1S/C40H51N7O4/c1-8-46(9-2)25-24-45(7)39(50)31-19-21-32(22-20-31)42-40-41-27-34(37(49)43-36-28(5)14-12-15-29(36)6)38(44-40)51-33-17-13-16-30(26-33)18-23-35(48)47(10-3)11-4/h12-17,19-22,26-27H,8-11,18,23-25H2,1-7H3,(H,43,49)(H,41,42,44). The van der Waals surface area contributed by atoms with E-state index < -0.39 is 5.91 Å². The molecule has 0 spiro atoms. The van der Waals surface area contributed by atoms with Gasteiger partial charge in [-0.3, -0.25) is 14.4 Å². The van der Waals surface area contributed by atoms with Gasteiger partial charge in [0.25, 0.3) is 11.8 Å². The number of benzene rings is 3. The Kier molecular flexibility index (Phi) is 14.1. The molecule has 0 atom stereocenters. The third kappa shape index (κ3) is 10.6. The summed E-state index contributed by atoms with van der Waals surface area (Å²) in [5, 5.41) is 6.18. The zero-order chi connectivity index (χ0) is 36.9. The van der Waals surface area contributed by atoms with E-state index in [1.807, 2.05) is 76.0 Å². The van der Waals surface area contributed by atoms with Crippen LogP contribution in [0.1, 0.15) is 71.5 Å². The van der Waals surface area contributed by atoms with Crippen LogP contribution < -0.4 is 15.4 Å². The highest BCUT2D eigenvalue weighted by Crippen LogP contribution is 2.28. The van der Waals surface area contributed by atoms with Crippen molar-refractivity contribution >= 4 is 35.0 Å². The molecule has 0 fully saturated rings. The number of nitrogens with one attached hydrogen (secondary N) is 2. The molecule has 0 saturated carbocycles. The van der Waals surface area contributed by atoms with E-state index in [0.29, 0.717) is 55.2 Å². The van der Waals surface area contributed by atoms with Gasteiger partial charge in [0.15, 0.2) is 0 Å². The third-order valence-corrected chi connectivity index (χ3v) is 8.96. The van der Waals surface area contributed by atoms with E-state index in [0.717, 1.165) is 36.3 Å². The van der Waals surface area contributed by atoms with Gasteiger partial charge in [0.05, 0.1) is 0 Å². The molecule has 0 aliphatic rings. The van der Waals surface area contributed by atoms with Crippen molar-refractivity contribution in [1.82, 2.24) is 24.7 Å². The largest absolute Gasteiger partial charge is 0.438 e. The van der Waals surface area contributed by atoms with E-state index in [1.165, 1.54) is 6.20 Å². The van der Waals surface area contributed by atoms with Gasteiger partial charge in [-0.1, -0.05) is 44.2 Å². The Hall–Kier alpha value is -5.29. The zero-order valence-corrected chi connectivity index (χ0v) is 31.0. The first-order chi connectivity index (χ1) is 24.6. The molecule has 0 aliphatic heterocycles. The minimum Gasteiger partial charge on any atom is -0.438 e. The summed E-state index contributed by atoms with van der Waals surface area (Å²) in [7, 11) is 1.81. The third-order valence-electron chi connectivity index (χ3n) is 8.96. The number of hydrogen-bond acceptors (Lipinski definition) is 8. The van der Waals surface area contributed by atoms with Gasteiger partial charge in [-0.25, -0.2) is 4.98 Å². The van der Waals surface area contributed by atoms with Crippen LogP contribution in [0.4, 0.5) is 17.3 Å². The summed E-state index contributed by atoms with van der Waals surface area (Å²) in [5.41, 5.74) is 4.88. The van der Waals surface area contributed by atoms with Crippen molar-refractivity contribution in [2.24, 2.45) is 0 Å². The Labute approximate surface area is 302 Å². The number of aromatic nitrogens is 2. The number of likely N-dealkylation sites (N-methyl/N-ethyl adjacent to an activating group) is 2. The monoisotopic (exact) mass is 693 g/mol. The fraction of sp³-hybridized carbons (Fsp3) is 0.375. The lowest BCUT2D eigenvalue weighted by Gasteiger charge is -2.23. The smallest absolute Gasteiger partial charge is 0.262 e. The molecule has 51 heavy (non-hydrogen) atoms. The Morgan fingerprint density at radius 3 is 2.14 bits per heavy atom. The average Bonchev–Trinajstić information content (AvgIpc) is 3.13. The predicted molar refractivity (Wildman–Crippen MR) is 203 cm³/mol. The molecular formula is C40H51N7O4. The minimum absolute atomic E-state index is 0.0560. The molecule has 2 N–H and O–H groups in total. The Bertz CT molecular complexity index is 1770. The summed E-state index contributed by atoms with van der Waals surface area (Å²) in [5.74, 6) is 0.381. The fourth-order valence-electron chi connectivity index (χ4n) is 5.69. The van der Waals surface area contributed by atoms with E-state index >= 15 is 0 Å². The first kappa shape index (κ1) is 38.5. The molecule has 3 aromatic carbocycles. The Morgan fingerprint density at radius 1 is 0.824 bits per heavy atom. The van der Waals surface area contributed by atoms with Crippen LogP contribution in [0.3, 0.4) is 0 Å². The van der Waals surface area contributed by atoms with Gasteiger partial charge in [-0.15, -0.1) is 0 Å². The minimum atomic E-state index is -0.414. The van der Waals surface area contributed by atoms with E-state index in [-0.39, 0.29) is 29.2 Å². The highest BCUT2D eigenvalue weighted by Gasteiger charge is 2.20. The van der Waals surface area contributed by atoms with Gasteiger partial charge in [0, 0.05) is 62.8 Å². The van der Waals surface area contributed by atoms with Crippen molar-refractivity contribution in [3.8, 4) is 11.6 Å². The van der Waals surface area contributed by atoms with Crippen LogP contribution in [0.5, 0.6) is 11.6 Å². The van der Waals surface area contributed by atoms with Crippen LogP contribution in [0.15, 0.2) is 72.9 Å². The number of carbonyl (C=O) groups is 3. The second kappa shape index (κ2) is 18.6. The molecule has 0 unspecified atom stereocenters. The van der Waals surface area contributed by atoms with Crippen LogP contribution >= 0.6 is 0 Å². The highest BCUT2D eigenvalue weighted by molar-refractivity contribution is 6.06. The van der Waals surface area contributed by atoms with Gasteiger partial charge in [0.1, 0.15) is 11.3 Å². The predicted octanol–water partition coefficient (Wildman–Crippen LogP) is 7.10. The first-order valence-corrected chi connectivity index (χ1v) is 17.7. The molecule has 0 radical (unpaired) electrons. The van der Waals surface area contributed by atoms with E-state index in [4.69, 9.17) is 4.74 Å². The van der Waals surface area contributed by atoms with Crippen LogP contribution in [-0.2, 0) is 11.2 Å². The highest BCUT2D eigenvalue weighted by atomic mass is 16.5.